The molecule has 0 spiro atoms. The highest BCUT2D eigenvalue weighted by atomic mass is 19.3. The van der Waals surface area contributed by atoms with Gasteiger partial charge in [0.25, 0.3) is 5.91 Å². The Labute approximate surface area is 184 Å². The third-order valence-corrected chi connectivity index (χ3v) is 6.21. The van der Waals surface area contributed by atoms with Crippen LogP contribution in [0.5, 0.6) is 0 Å². The number of hydrogen-bond donors (Lipinski definition) is 1. The van der Waals surface area contributed by atoms with E-state index in [4.69, 9.17) is 0 Å². The number of hydrogen-bond acceptors (Lipinski definition) is 3. The summed E-state index contributed by atoms with van der Waals surface area (Å²) in [7, 11) is 0. The molecule has 2 unspecified atom stereocenters. The molecule has 1 N–H and O–H groups in total. The number of carbonyl (C=O) groups is 2. The number of nitrogens with one attached hydrogen (secondary N) is 1. The first-order chi connectivity index (χ1) is 15.3. The Kier molecular flexibility index (Phi) is 4.95. The third-order valence-electron chi connectivity index (χ3n) is 6.21. The van der Waals surface area contributed by atoms with Gasteiger partial charge >= 0.3 is 5.92 Å². The van der Waals surface area contributed by atoms with Gasteiger partial charge in [-0.15, -0.1) is 0 Å². The summed E-state index contributed by atoms with van der Waals surface area (Å²) in [5.41, 5.74) is 2.42. The van der Waals surface area contributed by atoms with Crippen LogP contribution >= 0.6 is 0 Å². The molecule has 1 aliphatic carbocycles. The van der Waals surface area contributed by atoms with Gasteiger partial charge in [-0.1, -0.05) is 30.3 Å². The summed E-state index contributed by atoms with van der Waals surface area (Å²) in [6.45, 7) is 1.44. The number of rotatable bonds is 6. The predicted molar refractivity (Wildman–Crippen MR) is 116 cm³/mol. The molecule has 5 rings (SSSR count). The Morgan fingerprint density at radius 1 is 1.19 bits per heavy atom. The molecule has 2 heterocycles. The largest absolute Gasteiger partial charge is 0.345 e. The van der Waals surface area contributed by atoms with Crippen LogP contribution in [0.25, 0.3) is 10.9 Å². The molecule has 8 heteroatoms. The lowest BCUT2D eigenvalue weighted by Gasteiger charge is -2.29. The molecule has 0 bridgehead atoms. The number of nitrogens with zero attached hydrogens (tertiary/aromatic N) is 3. The fraction of sp³-hybridized carbons (Fsp3) is 0.375. The van der Waals surface area contributed by atoms with Gasteiger partial charge in [0.1, 0.15) is 0 Å². The molecule has 6 nitrogen and oxygen atoms in total. The zero-order chi connectivity index (χ0) is 22.5. The van der Waals surface area contributed by atoms with Gasteiger partial charge in [-0.05, 0) is 42.5 Å². The fourth-order valence-electron chi connectivity index (χ4n) is 4.41. The predicted octanol–water partition coefficient (Wildman–Crippen LogP) is 4.06. The highest BCUT2D eigenvalue weighted by molar-refractivity contribution is 6.00. The first kappa shape index (κ1) is 20.6. The van der Waals surface area contributed by atoms with E-state index in [0.29, 0.717) is 18.5 Å². The van der Waals surface area contributed by atoms with Crippen molar-refractivity contribution in [2.75, 3.05) is 4.90 Å². The van der Waals surface area contributed by atoms with E-state index in [-0.39, 0.29) is 12.3 Å². The smallest absolute Gasteiger partial charge is 0.321 e. The SMILES string of the molecule is CC(F)(F)C(=O)NC1CC(=O)N(c2ccc3c(cnn3CC3CC3)c2)C1c1ccccc1. The summed E-state index contributed by atoms with van der Waals surface area (Å²) in [5, 5.41) is 7.81. The second kappa shape index (κ2) is 7.69. The van der Waals surface area contributed by atoms with Crippen molar-refractivity contribution < 1.29 is 18.4 Å². The van der Waals surface area contributed by atoms with Gasteiger partial charge in [0.15, 0.2) is 0 Å². The molecule has 2 amide bonds. The summed E-state index contributed by atoms with van der Waals surface area (Å²) in [4.78, 5) is 26.7. The van der Waals surface area contributed by atoms with E-state index in [1.807, 2.05) is 53.2 Å². The summed E-state index contributed by atoms with van der Waals surface area (Å²) in [5.74, 6) is -4.45. The maximum atomic E-state index is 13.6. The Hall–Kier alpha value is -3.29. The van der Waals surface area contributed by atoms with Crippen molar-refractivity contribution in [1.82, 2.24) is 15.1 Å². The number of fused-ring (bicyclic) bond motifs is 1. The molecule has 1 aliphatic heterocycles. The van der Waals surface area contributed by atoms with Crippen LogP contribution in [-0.4, -0.2) is 33.6 Å². The minimum absolute atomic E-state index is 0.0552. The topological polar surface area (TPSA) is 67.2 Å². The summed E-state index contributed by atoms with van der Waals surface area (Å²) < 4.78 is 29.1. The fourth-order valence-corrected chi connectivity index (χ4v) is 4.41. The Morgan fingerprint density at radius 2 is 1.94 bits per heavy atom. The van der Waals surface area contributed by atoms with Crippen LogP contribution < -0.4 is 10.2 Å². The van der Waals surface area contributed by atoms with Crippen LogP contribution in [0.1, 0.15) is 37.8 Å². The number of benzene rings is 2. The Balaban J connectivity index is 1.50. The van der Waals surface area contributed by atoms with E-state index in [0.717, 1.165) is 23.0 Å². The number of aromatic nitrogens is 2. The van der Waals surface area contributed by atoms with E-state index in [1.54, 1.807) is 11.1 Å². The van der Waals surface area contributed by atoms with E-state index in [9.17, 15) is 18.4 Å². The molecule has 1 saturated carbocycles. The first-order valence-electron chi connectivity index (χ1n) is 10.8. The highest BCUT2D eigenvalue weighted by Crippen LogP contribution is 2.39. The van der Waals surface area contributed by atoms with Crippen molar-refractivity contribution in [1.29, 1.82) is 0 Å². The zero-order valence-electron chi connectivity index (χ0n) is 17.7. The van der Waals surface area contributed by atoms with Crippen molar-refractivity contribution in [2.24, 2.45) is 5.92 Å². The molecule has 2 aliphatic rings. The van der Waals surface area contributed by atoms with Crippen LogP contribution in [0, 0.1) is 5.92 Å². The molecule has 166 valence electrons. The maximum Gasteiger partial charge on any atom is 0.321 e. The van der Waals surface area contributed by atoms with Gasteiger partial charge in [-0.25, -0.2) is 0 Å². The van der Waals surface area contributed by atoms with E-state index >= 15 is 0 Å². The molecular formula is C24H24F2N4O2. The van der Waals surface area contributed by atoms with Crippen molar-refractivity contribution in [3.63, 3.8) is 0 Å². The number of halogens is 2. The molecule has 0 radical (unpaired) electrons. The summed E-state index contributed by atoms with van der Waals surface area (Å²) >= 11 is 0. The molecule has 3 aromatic rings. The van der Waals surface area contributed by atoms with Crippen LogP contribution in [0.2, 0.25) is 0 Å². The maximum absolute atomic E-state index is 13.6. The molecule has 1 aromatic heterocycles. The van der Waals surface area contributed by atoms with Crippen molar-refractivity contribution in [3.05, 3.63) is 60.3 Å². The molecule has 2 atom stereocenters. The quantitative estimate of drug-likeness (QED) is 0.631. The number of alkyl halides is 2. The number of carbonyl (C=O) groups excluding carboxylic acids is 2. The van der Waals surface area contributed by atoms with Crippen LogP contribution in [0.4, 0.5) is 14.5 Å². The van der Waals surface area contributed by atoms with Crippen molar-refractivity contribution in [3.8, 4) is 0 Å². The lowest BCUT2D eigenvalue weighted by molar-refractivity contribution is -0.143. The number of anilines is 1. The van der Waals surface area contributed by atoms with Crippen molar-refractivity contribution in [2.45, 2.75) is 50.7 Å². The molecule has 2 fully saturated rings. The lowest BCUT2D eigenvalue weighted by Crippen LogP contribution is -2.46. The average Bonchev–Trinajstić information content (AvgIpc) is 3.40. The van der Waals surface area contributed by atoms with E-state index < -0.39 is 23.9 Å². The third kappa shape index (κ3) is 3.85. The van der Waals surface area contributed by atoms with Gasteiger partial charge in [-0.2, -0.15) is 13.9 Å². The minimum atomic E-state index is -3.52. The van der Waals surface area contributed by atoms with Gasteiger partial charge in [0, 0.05) is 31.0 Å². The molecule has 1 saturated heterocycles. The standard InChI is InChI=1S/C24H24F2N4O2/c1-24(25,26)23(32)28-19-12-21(31)30(22(19)16-5-3-2-4-6-16)18-9-10-20-17(11-18)13-27-29(20)14-15-7-8-15/h2-6,9-11,13,15,19,22H,7-8,12,14H2,1H3,(H,28,32). The second-order valence-corrected chi connectivity index (χ2v) is 8.80. The second-order valence-electron chi connectivity index (χ2n) is 8.80. The van der Waals surface area contributed by atoms with Crippen LogP contribution in [0.3, 0.4) is 0 Å². The van der Waals surface area contributed by atoms with E-state index in [1.165, 1.54) is 12.8 Å². The zero-order valence-corrected chi connectivity index (χ0v) is 17.7. The lowest BCUT2D eigenvalue weighted by atomic mass is 9.99. The number of amides is 2. The molecule has 32 heavy (non-hydrogen) atoms. The van der Waals surface area contributed by atoms with Gasteiger partial charge < -0.3 is 10.2 Å². The van der Waals surface area contributed by atoms with Gasteiger partial charge in [0.2, 0.25) is 5.91 Å². The highest BCUT2D eigenvalue weighted by Gasteiger charge is 2.45. The Bertz CT molecular complexity index is 1170. The van der Waals surface area contributed by atoms with Gasteiger partial charge in [-0.3, -0.25) is 14.3 Å². The first-order valence-corrected chi connectivity index (χ1v) is 10.8. The van der Waals surface area contributed by atoms with Crippen LogP contribution in [-0.2, 0) is 16.1 Å². The Morgan fingerprint density at radius 3 is 2.62 bits per heavy atom. The minimum Gasteiger partial charge on any atom is -0.345 e. The van der Waals surface area contributed by atoms with Crippen molar-refractivity contribution >= 4 is 28.4 Å². The molecule has 2 aromatic carbocycles. The average molecular weight is 438 g/mol. The summed E-state index contributed by atoms with van der Waals surface area (Å²) in [6.07, 6.45) is 4.19. The monoisotopic (exact) mass is 438 g/mol. The van der Waals surface area contributed by atoms with Crippen LogP contribution in [0.15, 0.2) is 54.7 Å². The van der Waals surface area contributed by atoms with E-state index in [2.05, 4.69) is 10.4 Å². The molecular weight excluding hydrogens is 414 g/mol. The summed E-state index contributed by atoms with van der Waals surface area (Å²) in [6, 6.07) is 13.5. The normalized spacial score (nSPS) is 21.3. The van der Waals surface area contributed by atoms with Gasteiger partial charge in [0.05, 0.1) is 23.8 Å².